The molecule has 0 aromatic carbocycles. The molecule has 138 valence electrons. The Balaban J connectivity index is 1.90. The average molecular weight is 348 g/mol. The quantitative estimate of drug-likeness (QED) is 0.601. The van der Waals surface area contributed by atoms with Gasteiger partial charge in [0.05, 0.1) is 5.41 Å². The van der Waals surface area contributed by atoms with Crippen LogP contribution in [-0.4, -0.2) is 28.4 Å². The molecule has 3 aliphatic rings. The van der Waals surface area contributed by atoms with E-state index in [1.165, 1.54) is 6.08 Å². The molecule has 0 radical (unpaired) electrons. The van der Waals surface area contributed by atoms with Crippen molar-refractivity contribution in [2.75, 3.05) is 0 Å². The van der Waals surface area contributed by atoms with Gasteiger partial charge in [-0.1, -0.05) is 25.5 Å². The summed E-state index contributed by atoms with van der Waals surface area (Å²) in [6, 6.07) is 0. The molecule has 2 aliphatic carbocycles. The van der Waals surface area contributed by atoms with Gasteiger partial charge in [0.15, 0.2) is 0 Å². The molecule has 0 aromatic rings. The minimum atomic E-state index is -1.14. The first-order valence-corrected chi connectivity index (χ1v) is 9.22. The van der Waals surface area contributed by atoms with Crippen LogP contribution in [0.4, 0.5) is 0 Å². The van der Waals surface area contributed by atoms with Crippen LogP contribution in [0.2, 0.25) is 0 Å². The van der Waals surface area contributed by atoms with E-state index in [0.717, 1.165) is 31.3 Å². The fraction of sp³-hybridized carbons (Fsp3) is 0.700. The molecule has 0 amide bonds. The number of aliphatic hydroxyl groups excluding tert-OH is 1. The van der Waals surface area contributed by atoms with Crippen LogP contribution >= 0.6 is 0 Å². The smallest absolute Gasteiger partial charge is 0.336 e. The molecule has 0 unspecified atom stereocenters. The lowest BCUT2D eigenvalue weighted by Crippen LogP contribution is -2.54. The highest BCUT2D eigenvalue weighted by atomic mass is 16.6. The molecule has 0 aromatic heterocycles. The number of aliphatic carboxylic acids is 1. The van der Waals surface area contributed by atoms with Gasteiger partial charge in [0, 0.05) is 5.57 Å². The minimum absolute atomic E-state index is 0.0641. The summed E-state index contributed by atoms with van der Waals surface area (Å²) < 4.78 is 4.78. The van der Waals surface area contributed by atoms with Crippen LogP contribution in [0.5, 0.6) is 0 Å². The molecule has 25 heavy (non-hydrogen) atoms. The van der Waals surface area contributed by atoms with E-state index in [0.29, 0.717) is 24.3 Å². The molecule has 3 rings (SSSR count). The van der Waals surface area contributed by atoms with Gasteiger partial charge < -0.3 is 14.9 Å². The van der Waals surface area contributed by atoms with Crippen LogP contribution < -0.4 is 0 Å². The summed E-state index contributed by atoms with van der Waals surface area (Å²) in [5, 5.41) is 19.6. The van der Waals surface area contributed by atoms with Gasteiger partial charge in [-0.3, -0.25) is 4.79 Å². The highest BCUT2D eigenvalue weighted by Gasteiger charge is 2.59. The van der Waals surface area contributed by atoms with E-state index in [4.69, 9.17) is 4.74 Å². The zero-order valence-electron chi connectivity index (χ0n) is 15.2. The Morgan fingerprint density at radius 2 is 2.12 bits per heavy atom. The van der Waals surface area contributed by atoms with Crippen molar-refractivity contribution in [2.24, 2.45) is 22.7 Å². The Kier molecular flexibility index (Phi) is 4.56. The van der Waals surface area contributed by atoms with Gasteiger partial charge in [-0.15, -0.1) is 0 Å². The van der Waals surface area contributed by atoms with Gasteiger partial charge in [-0.05, 0) is 68.8 Å². The average Bonchev–Trinajstić information content (AvgIpc) is 2.87. The number of allylic oxidation sites excluding steroid dienone is 1. The third-order valence-electron chi connectivity index (χ3n) is 7.25. The standard InChI is InChI=1S/C20H28O5/c1-12-7-10-20(18(23)24)13(2)5-4-6-15(20)19(12,3)9-8-14-11-16(21)25-17(14)22/h5,11-12,15-16,21H,4,6-10H2,1-3H3,(H,23,24)/t12-,15+,16+,19-,20-/m1/s1. The monoisotopic (exact) mass is 348 g/mol. The lowest BCUT2D eigenvalue weighted by Gasteiger charge is -2.57. The predicted molar refractivity (Wildman–Crippen MR) is 92.5 cm³/mol. The van der Waals surface area contributed by atoms with Crippen molar-refractivity contribution in [3.63, 3.8) is 0 Å². The number of carbonyl (C=O) groups excluding carboxylic acids is 1. The maximum absolute atomic E-state index is 12.3. The Morgan fingerprint density at radius 1 is 1.40 bits per heavy atom. The van der Waals surface area contributed by atoms with E-state index in [1.807, 2.05) is 6.92 Å². The minimum Gasteiger partial charge on any atom is -0.481 e. The fourth-order valence-corrected chi connectivity index (χ4v) is 5.45. The highest BCUT2D eigenvalue weighted by Crippen LogP contribution is 2.62. The van der Waals surface area contributed by atoms with E-state index in [-0.39, 0.29) is 11.3 Å². The molecule has 1 fully saturated rings. The summed E-state index contributed by atoms with van der Waals surface area (Å²) in [5.74, 6) is -0.712. The number of hydrogen-bond acceptors (Lipinski definition) is 4. The van der Waals surface area contributed by atoms with Gasteiger partial charge in [0.25, 0.3) is 0 Å². The van der Waals surface area contributed by atoms with E-state index < -0.39 is 23.6 Å². The number of aliphatic hydroxyl groups is 1. The topological polar surface area (TPSA) is 83.8 Å². The second-order valence-corrected chi connectivity index (χ2v) is 8.23. The first-order chi connectivity index (χ1) is 11.7. The van der Waals surface area contributed by atoms with Crippen LogP contribution in [0.1, 0.15) is 59.3 Å². The van der Waals surface area contributed by atoms with Crippen LogP contribution in [0.3, 0.4) is 0 Å². The summed E-state index contributed by atoms with van der Waals surface area (Å²) in [7, 11) is 0. The summed E-state index contributed by atoms with van der Waals surface area (Å²) in [5.41, 5.74) is 0.560. The molecular weight excluding hydrogens is 320 g/mol. The number of fused-ring (bicyclic) bond motifs is 1. The second-order valence-electron chi connectivity index (χ2n) is 8.23. The number of rotatable bonds is 4. The first-order valence-electron chi connectivity index (χ1n) is 9.22. The molecule has 0 spiro atoms. The Hall–Kier alpha value is -1.62. The van der Waals surface area contributed by atoms with Gasteiger partial charge in [0.2, 0.25) is 6.29 Å². The maximum Gasteiger partial charge on any atom is 0.336 e. The van der Waals surface area contributed by atoms with Crippen molar-refractivity contribution in [3.8, 4) is 0 Å². The van der Waals surface area contributed by atoms with E-state index in [1.54, 1.807) is 0 Å². The molecule has 1 aliphatic heterocycles. The molecule has 5 nitrogen and oxygen atoms in total. The lowest BCUT2D eigenvalue weighted by atomic mass is 9.46. The molecule has 1 saturated carbocycles. The number of carboxylic acids is 1. The largest absolute Gasteiger partial charge is 0.481 e. The SMILES string of the molecule is CC1=CCC[C@@H]2[C@@]1(C(=O)O)CC[C@@H](C)[C@@]2(C)CCC1=C[C@@H](O)OC1=O. The van der Waals surface area contributed by atoms with Crippen molar-refractivity contribution in [1.82, 2.24) is 0 Å². The number of hydrogen-bond donors (Lipinski definition) is 2. The Morgan fingerprint density at radius 3 is 2.72 bits per heavy atom. The second kappa shape index (κ2) is 6.27. The summed E-state index contributed by atoms with van der Waals surface area (Å²) in [6.45, 7) is 6.36. The molecule has 1 heterocycles. The number of cyclic esters (lactones) is 1. The van der Waals surface area contributed by atoms with E-state index in [9.17, 15) is 19.8 Å². The van der Waals surface area contributed by atoms with Crippen molar-refractivity contribution in [3.05, 3.63) is 23.3 Å². The van der Waals surface area contributed by atoms with E-state index in [2.05, 4.69) is 19.9 Å². The van der Waals surface area contributed by atoms with Crippen molar-refractivity contribution in [1.29, 1.82) is 0 Å². The number of carbonyl (C=O) groups is 2. The third kappa shape index (κ3) is 2.73. The van der Waals surface area contributed by atoms with Crippen molar-refractivity contribution >= 4 is 11.9 Å². The van der Waals surface area contributed by atoms with Crippen LogP contribution in [-0.2, 0) is 14.3 Å². The van der Waals surface area contributed by atoms with Crippen LogP contribution in [0.15, 0.2) is 23.3 Å². The number of ether oxygens (including phenoxy) is 1. The van der Waals surface area contributed by atoms with Crippen LogP contribution in [0, 0.1) is 22.7 Å². The predicted octanol–water partition coefficient (Wildman–Crippen LogP) is 3.43. The summed E-state index contributed by atoms with van der Waals surface area (Å²) in [6.07, 6.45) is 7.02. The zero-order valence-corrected chi connectivity index (χ0v) is 15.2. The van der Waals surface area contributed by atoms with Crippen molar-refractivity contribution < 1.29 is 24.5 Å². The van der Waals surface area contributed by atoms with Gasteiger partial charge in [0.1, 0.15) is 0 Å². The number of esters is 1. The summed E-state index contributed by atoms with van der Waals surface area (Å²) in [4.78, 5) is 24.1. The van der Waals surface area contributed by atoms with Crippen LogP contribution in [0.25, 0.3) is 0 Å². The number of carboxylic acid groups (broad SMARTS) is 1. The van der Waals surface area contributed by atoms with Crippen molar-refractivity contribution in [2.45, 2.75) is 65.6 Å². The maximum atomic E-state index is 12.3. The first kappa shape index (κ1) is 18.2. The Bertz CT molecular complexity index is 648. The molecule has 5 heteroatoms. The van der Waals surface area contributed by atoms with E-state index >= 15 is 0 Å². The summed E-state index contributed by atoms with van der Waals surface area (Å²) >= 11 is 0. The van der Waals surface area contributed by atoms with Gasteiger partial charge in [-0.2, -0.15) is 0 Å². The Labute approximate surface area is 148 Å². The normalized spacial score (nSPS) is 40.8. The molecule has 5 atom stereocenters. The third-order valence-corrected chi connectivity index (χ3v) is 7.25. The molecule has 2 N–H and O–H groups in total. The van der Waals surface area contributed by atoms with Gasteiger partial charge >= 0.3 is 11.9 Å². The highest BCUT2D eigenvalue weighted by molar-refractivity contribution is 5.90. The zero-order chi connectivity index (χ0) is 18.4. The lowest BCUT2D eigenvalue weighted by molar-refractivity contribution is -0.162. The van der Waals surface area contributed by atoms with Gasteiger partial charge in [-0.25, -0.2) is 4.79 Å². The molecule has 0 saturated heterocycles. The molecule has 0 bridgehead atoms. The molecular formula is C20H28O5. The fourth-order valence-electron chi connectivity index (χ4n) is 5.45.